The minimum Gasteiger partial charge on any atom is -0.394 e. The topological polar surface area (TPSA) is 79.2 Å². The Kier molecular flexibility index (Phi) is 15.9. The van der Waals surface area contributed by atoms with Crippen LogP contribution in [0.4, 0.5) is 0 Å². The van der Waals surface area contributed by atoms with Crippen LogP contribution < -0.4 is 0 Å². The summed E-state index contributed by atoms with van der Waals surface area (Å²) in [5, 5.41) is 28.8. The molecule has 0 aromatic carbocycles. The highest BCUT2D eigenvalue weighted by atomic mass is 16.6. The fraction of sp³-hybridized carbons (Fsp3) is 0.913. The Bertz CT molecular complexity index is 374. The van der Waals surface area contributed by atoms with E-state index >= 15 is 0 Å². The first-order chi connectivity index (χ1) is 13.7. The molecule has 0 unspecified atom stereocenters. The second-order valence-electron chi connectivity index (χ2n) is 8.05. The minimum absolute atomic E-state index is 0.0995. The van der Waals surface area contributed by atoms with Crippen molar-refractivity contribution in [3.63, 3.8) is 0 Å². The number of aliphatic hydroxyl groups is 3. The van der Waals surface area contributed by atoms with Gasteiger partial charge in [-0.2, -0.15) is 0 Å². The van der Waals surface area contributed by atoms with Gasteiger partial charge in [0.25, 0.3) is 0 Å². The molecule has 3 N–H and O–H groups in total. The van der Waals surface area contributed by atoms with E-state index in [4.69, 9.17) is 9.47 Å². The highest BCUT2D eigenvalue weighted by Gasteiger charge is 2.40. The van der Waals surface area contributed by atoms with E-state index < -0.39 is 24.4 Å². The van der Waals surface area contributed by atoms with E-state index in [-0.39, 0.29) is 13.2 Å². The van der Waals surface area contributed by atoms with Crippen molar-refractivity contribution in [2.45, 2.75) is 115 Å². The van der Waals surface area contributed by atoms with E-state index in [9.17, 15) is 15.3 Å². The van der Waals surface area contributed by atoms with E-state index in [0.29, 0.717) is 6.61 Å². The zero-order valence-electron chi connectivity index (χ0n) is 17.9. The molecule has 5 nitrogen and oxygen atoms in total. The van der Waals surface area contributed by atoms with Gasteiger partial charge in [0.15, 0.2) is 0 Å². The number of unbranched alkanes of at least 4 members (excludes halogenated alkanes) is 12. The summed E-state index contributed by atoms with van der Waals surface area (Å²) in [6.45, 7) is 2.54. The van der Waals surface area contributed by atoms with E-state index in [1.807, 2.05) is 0 Å². The molecule has 1 aliphatic rings. The van der Waals surface area contributed by atoms with Gasteiger partial charge in [-0.15, -0.1) is 0 Å². The van der Waals surface area contributed by atoms with Gasteiger partial charge in [0.1, 0.15) is 24.4 Å². The average molecular weight is 401 g/mol. The fourth-order valence-corrected chi connectivity index (χ4v) is 3.74. The van der Waals surface area contributed by atoms with Gasteiger partial charge in [0.05, 0.1) is 13.2 Å². The first kappa shape index (κ1) is 25.6. The van der Waals surface area contributed by atoms with Crippen molar-refractivity contribution < 1.29 is 24.8 Å². The molecule has 0 radical (unpaired) electrons. The highest BCUT2D eigenvalue weighted by molar-refractivity contribution is 4.88. The van der Waals surface area contributed by atoms with Crippen LogP contribution in [0.2, 0.25) is 0 Å². The lowest BCUT2D eigenvalue weighted by molar-refractivity contribution is -0.101. The maximum Gasteiger partial charge on any atom is 0.114 e. The highest BCUT2D eigenvalue weighted by Crippen LogP contribution is 2.20. The first-order valence-electron chi connectivity index (χ1n) is 11.5. The third-order valence-electron chi connectivity index (χ3n) is 5.57. The molecule has 5 heteroatoms. The second-order valence-corrected chi connectivity index (χ2v) is 8.05. The summed E-state index contributed by atoms with van der Waals surface area (Å²) in [4.78, 5) is 0. The summed E-state index contributed by atoms with van der Waals surface area (Å²) >= 11 is 0. The number of aliphatic hydroxyl groups excluding tert-OH is 3. The molecule has 0 saturated carbocycles. The average Bonchev–Trinajstić information content (AvgIpc) is 3.03. The molecule has 1 rings (SSSR count). The lowest BCUT2D eigenvalue weighted by atomic mass is 10.0. The van der Waals surface area contributed by atoms with Crippen LogP contribution >= 0.6 is 0 Å². The Balaban J connectivity index is 1.84. The van der Waals surface area contributed by atoms with Crippen molar-refractivity contribution in [3.05, 3.63) is 12.2 Å². The molecule has 4 atom stereocenters. The van der Waals surface area contributed by atoms with Crippen molar-refractivity contribution in [1.82, 2.24) is 0 Å². The standard InChI is InChI=1S/C23H44O5/c1-2-3-4-5-6-7-8-9-10-11-12-13-14-15-16-17-27-21(18-24)23-22(26)20(25)19-28-23/h2-3,20-26H,4-19H2,1H3/b3-2+/t20-,21+,22-,23-/m1/s1. The summed E-state index contributed by atoms with van der Waals surface area (Å²) in [7, 11) is 0. The summed E-state index contributed by atoms with van der Waals surface area (Å²) in [6, 6.07) is 0. The van der Waals surface area contributed by atoms with Gasteiger partial charge in [-0.05, 0) is 26.2 Å². The Morgan fingerprint density at radius 2 is 1.43 bits per heavy atom. The van der Waals surface area contributed by atoms with Crippen LogP contribution in [0.1, 0.15) is 90.4 Å². The van der Waals surface area contributed by atoms with E-state index in [1.165, 1.54) is 70.6 Å². The van der Waals surface area contributed by atoms with Crippen LogP contribution in [0, 0.1) is 0 Å². The van der Waals surface area contributed by atoms with Crippen molar-refractivity contribution >= 4 is 0 Å². The van der Waals surface area contributed by atoms with Crippen LogP contribution in [-0.2, 0) is 9.47 Å². The molecule has 0 aromatic heterocycles. The van der Waals surface area contributed by atoms with E-state index in [2.05, 4.69) is 19.1 Å². The third-order valence-corrected chi connectivity index (χ3v) is 5.57. The van der Waals surface area contributed by atoms with Crippen LogP contribution in [0.15, 0.2) is 12.2 Å². The van der Waals surface area contributed by atoms with Crippen molar-refractivity contribution in [2.75, 3.05) is 19.8 Å². The van der Waals surface area contributed by atoms with Crippen molar-refractivity contribution in [3.8, 4) is 0 Å². The SMILES string of the molecule is C/C=C/CCCCCCCCCCCCCCO[C@@H](CO)[C@H]1OC[C@@H](O)[C@H]1O. The van der Waals surface area contributed by atoms with Crippen molar-refractivity contribution in [2.24, 2.45) is 0 Å². The Morgan fingerprint density at radius 1 is 0.893 bits per heavy atom. The predicted molar refractivity (Wildman–Crippen MR) is 113 cm³/mol. The molecular weight excluding hydrogens is 356 g/mol. The molecule has 166 valence electrons. The van der Waals surface area contributed by atoms with Gasteiger partial charge in [0.2, 0.25) is 0 Å². The van der Waals surface area contributed by atoms with Gasteiger partial charge in [-0.1, -0.05) is 76.4 Å². The van der Waals surface area contributed by atoms with Crippen LogP contribution in [-0.4, -0.2) is 59.6 Å². The number of hydrogen-bond donors (Lipinski definition) is 3. The van der Waals surface area contributed by atoms with Crippen molar-refractivity contribution in [1.29, 1.82) is 0 Å². The molecule has 1 saturated heterocycles. The van der Waals surface area contributed by atoms with Gasteiger partial charge < -0.3 is 24.8 Å². The van der Waals surface area contributed by atoms with Crippen LogP contribution in [0.3, 0.4) is 0 Å². The second kappa shape index (κ2) is 17.4. The number of ether oxygens (including phenoxy) is 2. The first-order valence-corrected chi connectivity index (χ1v) is 11.5. The molecule has 0 aliphatic carbocycles. The Labute approximate surface area is 172 Å². The van der Waals surface area contributed by atoms with Gasteiger partial charge in [-0.25, -0.2) is 0 Å². The fourth-order valence-electron chi connectivity index (χ4n) is 3.74. The number of allylic oxidation sites excluding steroid dienone is 2. The molecule has 1 fully saturated rings. The molecule has 0 aromatic rings. The number of hydrogen-bond acceptors (Lipinski definition) is 5. The molecule has 0 spiro atoms. The molecule has 0 bridgehead atoms. The zero-order valence-corrected chi connectivity index (χ0v) is 17.9. The van der Waals surface area contributed by atoms with Gasteiger partial charge in [0, 0.05) is 6.61 Å². The molecule has 28 heavy (non-hydrogen) atoms. The lowest BCUT2D eigenvalue weighted by Gasteiger charge is -2.24. The molecular formula is C23H44O5. The van der Waals surface area contributed by atoms with Gasteiger partial charge in [-0.3, -0.25) is 0 Å². The Hall–Kier alpha value is -0.460. The Morgan fingerprint density at radius 3 is 1.89 bits per heavy atom. The maximum absolute atomic E-state index is 9.83. The van der Waals surface area contributed by atoms with E-state index in [0.717, 1.165) is 12.8 Å². The largest absolute Gasteiger partial charge is 0.394 e. The summed E-state index contributed by atoms with van der Waals surface area (Å²) in [5.74, 6) is 0. The quantitative estimate of drug-likeness (QED) is 0.238. The van der Waals surface area contributed by atoms with Gasteiger partial charge >= 0.3 is 0 Å². The van der Waals surface area contributed by atoms with Crippen LogP contribution in [0.5, 0.6) is 0 Å². The van der Waals surface area contributed by atoms with Crippen LogP contribution in [0.25, 0.3) is 0 Å². The summed E-state index contributed by atoms with van der Waals surface area (Å²) in [6.07, 6.45) is 18.1. The minimum atomic E-state index is -0.977. The molecule has 1 aliphatic heterocycles. The number of rotatable bonds is 18. The smallest absolute Gasteiger partial charge is 0.114 e. The summed E-state index contributed by atoms with van der Waals surface area (Å²) in [5.41, 5.74) is 0. The molecule has 0 amide bonds. The maximum atomic E-state index is 9.83. The normalized spacial score (nSPS) is 23.6. The third kappa shape index (κ3) is 11.5. The molecule has 1 heterocycles. The zero-order chi connectivity index (χ0) is 20.5. The van der Waals surface area contributed by atoms with E-state index in [1.54, 1.807) is 0 Å². The predicted octanol–water partition coefficient (Wildman–Crippen LogP) is 4.13. The lowest BCUT2D eigenvalue weighted by Crippen LogP contribution is -2.42. The monoisotopic (exact) mass is 400 g/mol. The summed E-state index contributed by atoms with van der Waals surface area (Å²) < 4.78 is 11.0.